The van der Waals surface area contributed by atoms with Crippen molar-refractivity contribution in [2.24, 2.45) is 11.8 Å². The number of hydrogen-bond acceptors (Lipinski definition) is 9. The molecule has 10 nitrogen and oxygen atoms in total. The fourth-order valence-electron chi connectivity index (χ4n) is 6.17. The third-order valence-electron chi connectivity index (χ3n) is 9.19. The molecule has 1 aromatic carbocycles. The molecule has 11 heteroatoms. The van der Waals surface area contributed by atoms with Crippen molar-refractivity contribution < 1.29 is 34.1 Å². The fraction of sp³-hybridized carbons (Fsp3) is 0.514. The molecule has 5 atom stereocenters. The summed E-state index contributed by atoms with van der Waals surface area (Å²) < 4.78 is 12.3. The van der Waals surface area contributed by atoms with Gasteiger partial charge in [0.25, 0.3) is 0 Å². The van der Waals surface area contributed by atoms with E-state index in [1.54, 1.807) is 36.7 Å². The molecule has 0 unspecified atom stereocenters. The minimum absolute atomic E-state index is 0.0128. The maximum Gasteiger partial charge on any atom is 0.328 e. The molecule has 2 bridgehead atoms. The molecule has 2 heterocycles. The molecule has 0 radical (unpaired) electrons. The molecule has 1 aliphatic carbocycles. The number of aromatic hydroxyl groups is 1. The summed E-state index contributed by atoms with van der Waals surface area (Å²) in [6, 6.07) is 0.850. The summed E-state index contributed by atoms with van der Waals surface area (Å²) in [6.45, 7) is 5.31. The van der Waals surface area contributed by atoms with Crippen LogP contribution in [0.25, 0.3) is 10.2 Å². The Hall–Kier alpha value is -3.80. The van der Waals surface area contributed by atoms with Gasteiger partial charge in [0.15, 0.2) is 0 Å². The highest BCUT2D eigenvalue weighted by Crippen LogP contribution is 2.38. The number of ether oxygens (including phenoxy) is 2. The number of aliphatic hydroxyl groups excluding tert-OH is 1. The van der Waals surface area contributed by atoms with Gasteiger partial charge in [-0.05, 0) is 51.2 Å². The maximum atomic E-state index is 13.2. The number of nitrogens with zero attached hydrogens (tertiary/aromatic N) is 1. The van der Waals surface area contributed by atoms with Gasteiger partial charge in [0.1, 0.15) is 17.9 Å². The van der Waals surface area contributed by atoms with Crippen molar-refractivity contribution in [2.45, 2.75) is 103 Å². The molecule has 2 aromatic rings. The number of carbonyl (C=O) groups excluding carboxylic acids is 3. The van der Waals surface area contributed by atoms with E-state index in [1.165, 1.54) is 18.4 Å². The van der Waals surface area contributed by atoms with E-state index in [-0.39, 0.29) is 35.6 Å². The number of phenolic OH excluding ortho intramolecular Hbond substituents is 1. The average Bonchev–Trinajstić information content (AvgIpc) is 3.55. The molecule has 4 N–H and O–H groups in total. The van der Waals surface area contributed by atoms with Crippen LogP contribution in [-0.2, 0) is 30.3 Å². The number of benzene rings is 1. The van der Waals surface area contributed by atoms with Crippen LogP contribution in [0.1, 0.15) is 77.7 Å². The molecule has 0 saturated heterocycles. The zero-order valence-corrected chi connectivity index (χ0v) is 29.1. The Morgan fingerprint density at radius 3 is 2.65 bits per heavy atom. The second-order valence-electron chi connectivity index (χ2n) is 12.7. The molecule has 4 rings (SSSR count). The van der Waals surface area contributed by atoms with E-state index in [9.17, 15) is 24.6 Å². The van der Waals surface area contributed by atoms with Crippen LogP contribution in [0.5, 0.6) is 5.75 Å². The minimum atomic E-state index is -0.912. The van der Waals surface area contributed by atoms with Gasteiger partial charge in [-0.1, -0.05) is 68.7 Å². The zero-order valence-electron chi connectivity index (χ0n) is 28.3. The highest BCUT2D eigenvalue weighted by atomic mass is 32.1. The van der Waals surface area contributed by atoms with E-state index in [4.69, 9.17) is 9.47 Å². The van der Waals surface area contributed by atoms with Crippen LogP contribution in [0.3, 0.4) is 0 Å². The Morgan fingerprint density at radius 2 is 1.90 bits per heavy atom. The van der Waals surface area contributed by atoms with E-state index in [2.05, 4.69) is 15.6 Å². The lowest BCUT2D eigenvalue weighted by Gasteiger charge is -2.29. The first-order valence-corrected chi connectivity index (χ1v) is 17.7. The topological polar surface area (TPSA) is 147 Å². The molecule has 1 aromatic heterocycles. The van der Waals surface area contributed by atoms with Gasteiger partial charge < -0.3 is 30.3 Å². The third-order valence-corrected chi connectivity index (χ3v) is 10.1. The number of thiazole rings is 1. The zero-order chi connectivity index (χ0) is 34.6. The number of aryl methyl sites for hydroxylation is 1. The first-order chi connectivity index (χ1) is 23.1. The summed E-state index contributed by atoms with van der Waals surface area (Å²) in [6.07, 6.45) is 16.9. The second-order valence-corrected chi connectivity index (χ2v) is 13.6. The Labute approximate surface area is 287 Å². The smallest absolute Gasteiger partial charge is 0.328 e. The molecule has 0 spiro atoms. The molecular weight excluding hydrogens is 630 g/mol. The van der Waals surface area contributed by atoms with Gasteiger partial charge in [0.2, 0.25) is 11.8 Å². The molecule has 1 aliphatic heterocycles. The number of nitrogens with one attached hydrogen (secondary N) is 2. The predicted molar refractivity (Wildman–Crippen MR) is 189 cm³/mol. The number of aliphatic hydroxyl groups is 1. The standard InChI is InChI=1S/C37H49N3O7S/c1-23-14-13-18-28-34(43)29(21-30-35(28)48-22-38-30)40-32(41)20-27(46-4)17-11-6-5-7-12-19-31(24(2)33(23)42)47-37(45)25(3)39-36(44)26-15-9-8-10-16-26/h5-7,11-12,14,17,21-22,24-27,31,33,42-43H,8-10,13,15-16,18-20H2,1-4H3,(H,39,44)(H,40,41)/b6-5+,12-7+,17-11+,23-14+/t24-,25-,27+,31+,33+/m1/s1. The van der Waals surface area contributed by atoms with E-state index >= 15 is 0 Å². The lowest BCUT2D eigenvalue weighted by Crippen LogP contribution is -2.45. The van der Waals surface area contributed by atoms with Gasteiger partial charge in [-0.3, -0.25) is 9.59 Å². The van der Waals surface area contributed by atoms with Crippen LogP contribution in [0.2, 0.25) is 0 Å². The van der Waals surface area contributed by atoms with Crippen molar-refractivity contribution >= 4 is 45.0 Å². The van der Waals surface area contributed by atoms with E-state index in [1.807, 2.05) is 38.2 Å². The highest BCUT2D eigenvalue weighted by Gasteiger charge is 2.31. The van der Waals surface area contributed by atoms with Gasteiger partial charge in [-0.2, -0.15) is 0 Å². The number of anilines is 1. The van der Waals surface area contributed by atoms with Gasteiger partial charge in [-0.15, -0.1) is 11.3 Å². The molecule has 2 amide bonds. The number of hydrogen-bond donors (Lipinski definition) is 4. The monoisotopic (exact) mass is 679 g/mol. The predicted octanol–water partition coefficient (Wildman–Crippen LogP) is 6.29. The number of esters is 1. The van der Waals surface area contributed by atoms with E-state index < -0.39 is 36.2 Å². The number of amides is 2. The Kier molecular flexibility index (Phi) is 14.0. The Balaban J connectivity index is 1.56. The summed E-state index contributed by atoms with van der Waals surface area (Å²) in [5.74, 6) is -1.52. The number of allylic oxidation sites excluding steroid dienone is 5. The van der Waals surface area contributed by atoms with Crippen molar-refractivity contribution in [1.29, 1.82) is 0 Å². The third kappa shape index (κ3) is 10.1. The molecular formula is C37H49N3O7S. The second kappa shape index (κ2) is 18.1. The number of rotatable bonds is 5. The maximum absolute atomic E-state index is 13.2. The summed E-state index contributed by atoms with van der Waals surface area (Å²) in [7, 11) is 1.53. The number of fused-ring (bicyclic) bond motifs is 4. The van der Waals surface area contributed by atoms with Gasteiger partial charge in [-0.25, -0.2) is 9.78 Å². The van der Waals surface area contributed by atoms with Gasteiger partial charge >= 0.3 is 5.97 Å². The minimum Gasteiger partial charge on any atom is -0.505 e. The summed E-state index contributed by atoms with van der Waals surface area (Å²) in [5, 5.41) is 28.3. The molecule has 1 saturated carbocycles. The highest BCUT2D eigenvalue weighted by molar-refractivity contribution is 7.17. The van der Waals surface area contributed by atoms with Crippen LogP contribution < -0.4 is 10.6 Å². The van der Waals surface area contributed by atoms with Gasteiger partial charge in [0.05, 0.1) is 40.0 Å². The molecule has 260 valence electrons. The summed E-state index contributed by atoms with van der Waals surface area (Å²) >= 11 is 1.41. The van der Waals surface area contributed by atoms with E-state index in [0.717, 1.165) is 36.8 Å². The quantitative estimate of drug-likeness (QED) is 0.164. The van der Waals surface area contributed by atoms with Crippen LogP contribution >= 0.6 is 11.3 Å². The lowest BCUT2D eigenvalue weighted by molar-refractivity contribution is -0.156. The number of carbonyl (C=O) groups is 3. The normalized spacial score (nSPS) is 27.4. The van der Waals surface area contributed by atoms with Crippen molar-refractivity contribution in [3.63, 3.8) is 0 Å². The van der Waals surface area contributed by atoms with Crippen LogP contribution in [0, 0.1) is 11.8 Å². The Morgan fingerprint density at radius 1 is 1.15 bits per heavy atom. The molecule has 1 fully saturated rings. The number of aromatic nitrogens is 1. The van der Waals surface area contributed by atoms with Crippen molar-refractivity contribution in [3.8, 4) is 5.75 Å². The number of phenols is 1. The average molecular weight is 680 g/mol. The first-order valence-electron chi connectivity index (χ1n) is 16.8. The summed E-state index contributed by atoms with van der Waals surface area (Å²) in [4.78, 5) is 43.3. The lowest BCUT2D eigenvalue weighted by atomic mass is 9.88. The van der Waals surface area contributed by atoms with Crippen LogP contribution in [-0.4, -0.2) is 64.4 Å². The van der Waals surface area contributed by atoms with Crippen LogP contribution in [0.4, 0.5) is 5.69 Å². The van der Waals surface area contributed by atoms with Gasteiger partial charge in [0, 0.05) is 30.9 Å². The first kappa shape index (κ1) is 37.0. The number of methoxy groups -OCH3 is 1. The SMILES string of the molecule is CO[C@H]1/C=C/C=C/C=C/C[C@H](OC(=O)[C@@H](C)NC(=O)C2CCCCC2)[C@@H](C)[C@@H](O)/C(C)=C/CCc2c(O)c(cc3ncsc23)NC(=O)C1. The van der Waals surface area contributed by atoms with Crippen molar-refractivity contribution in [1.82, 2.24) is 10.3 Å². The summed E-state index contributed by atoms with van der Waals surface area (Å²) in [5.41, 5.74) is 4.03. The van der Waals surface area contributed by atoms with Crippen molar-refractivity contribution in [3.05, 3.63) is 65.2 Å². The largest absolute Gasteiger partial charge is 0.505 e. The van der Waals surface area contributed by atoms with Crippen molar-refractivity contribution in [2.75, 3.05) is 12.4 Å². The van der Waals surface area contributed by atoms with E-state index in [0.29, 0.717) is 35.9 Å². The molecule has 2 aliphatic rings. The fourth-order valence-corrected chi connectivity index (χ4v) is 7.01. The van der Waals surface area contributed by atoms with Crippen LogP contribution in [0.15, 0.2) is 59.7 Å². The molecule has 48 heavy (non-hydrogen) atoms. The Bertz CT molecular complexity index is 1540.